The molecule has 2 aliphatic rings. The maximum Gasteiger partial charge on any atom is 0.490 e. The lowest BCUT2D eigenvalue weighted by molar-refractivity contribution is -0.192. The number of halogens is 4. The largest absolute Gasteiger partial charge is 0.490 e. The van der Waals surface area contributed by atoms with Crippen molar-refractivity contribution >= 4 is 16.0 Å². The number of carboxylic acids is 1. The number of sulfonamides is 1. The normalized spacial score (nSPS) is 18.6. The third kappa shape index (κ3) is 5.89. The van der Waals surface area contributed by atoms with Crippen LogP contribution in [0.2, 0.25) is 0 Å². The maximum atomic E-state index is 13.7. The molecular weight excluding hydrogens is 504 g/mol. The van der Waals surface area contributed by atoms with Crippen molar-refractivity contribution < 1.29 is 35.9 Å². The average Bonchev–Trinajstić information content (AvgIpc) is 3.21. The van der Waals surface area contributed by atoms with E-state index in [1.54, 1.807) is 10.4 Å². The summed E-state index contributed by atoms with van der Waals surface area (Å²) < 4.78 is 74.7. The van der Waals surface area contributed by atoms with Crippen LogP contribution in [0.5, 0.6) is 0 Å². The Morgan fingerprint density at radius 3 is 2.31 bits per heavy atom. The number of carbonyl (C=O) groups is 1. The highest BCUT2D eigenvalue weighted by Gasteiger charge is 2.47. The van der Waals surface area contributed by atoms with E-state index in [0.717, 1.165) is 30.2 Å². The summed E-state index contributed by atoms with van der Waals surface area (Å²) in [6.07, 6.45) is -1.84. The molecule has 0 atom stereocenters. The number of likely N-dealkylation sites (N-methyl/N-ethyl adjacent to an activating group) is 1. The lowest BCUT2D eigenvalue weighted by atomic mass is 9.84. The van der Waals surface area contributed by atoms with Gasteiger partial charge in [0.1, 0.15) is 11.6 Å². The zero-order chi connectivity index (χ0) is 26.9. The van der Waals surface area contributed by atoms with Gasteiger partial charge in [-0.05, 0) is 37.9 Å². The minimum atomic E-state index is -5.08. The van der Waals surface area contributed by atoms with Crippen LogP contribution in [-0.4, -0.2) is 76.9 Å². The number of aromatic nitrogens is 2. The third-order valence-electron chi connectivity index (χ3n) is 6.51. The number of hydrogen-bond acceptors (Lipinski definition) is 5. The molecule has 0 amide bonds. The smallest absolute Gasteiger partial charge is 0.475 e. The minimum Gasteiger partial charge on any atom is -0.475 e. The van der Waals surface area contributed by atoms with Gasteiger partial charge in [-0.3, -0.25) is 4.90 Å². The van der Waals surface area contributed by atoms with Crippen molar-refractivity contribution in [2.75, 3.05) is 32.4 Å². The van der Waals surface area contributed by atoms with Crippen LogP contribution in [0.15, 0.2) is 30.5 Å². The molecule has 2 aliphatic heterocycles. The lowest BCUT2D eigenvalue weighted by Gasteiger charge is -2.49. The van der Waals surface area contributed by atoms with E-state index in [1.807, 2.05) is 26.1 Å². The standard InChI is InChI=1S/C21H29FN4O2S.C2HF3O2/c1-16(2)15-29(27,28)25-9-7-21(8-10-25)20-23-14-19(26(20)12-11-24(21)3)17-5-4-6-18(22)13-17;3-2(4,5)1(6)7/h4-6,13-14,16H,7-12,15H2,1-3H3;(H,6,7). The fourth-order valence-corrected chi connectivity index (χ4v) is 6.54. The van der Waals surface area contributed by atoms with Crippen LogP contribution in [0.25, 0.3) is 11.3 Å². The number of rotatable bonds is 4. The molecule has 0 radical (unpaired) electrons. The summed E-state index contributed by atoms with van der Waals surface area (Å²) in [6, 6.07) is 6.60. The SMILES string of the molecule is CC(C)CS(=O)(=O)N1CCC2(CC1)c1ncc(-c3cccc(F)c3)n1CCN2C.O=C(O)C(F)(F)F. The van der Waals surface area contributed by atoms with E-state index in [0.29, 0.717) is 25.9 Å². The van der Waals surface area contributed by atoms with Gasteiger partial charge in [0.15, 0.2) is 0 Å². The van der Waals surface area contributed by atoms with Crippen molar-refractivity contribution in [1.82, 2.24) is 18.8 Å². The first-order chi connectivity index (χ1) is 16.7. The molecule has 1 spiro atoms. The van der Waals surface area contributed by atoms with E-state index in [1.165, 1.54) is 12.1 Å². The first-order valence-electron chi connectivity index (χ1n) is 11.5. The van der Waals surface area contributed by atoms with Crippen molar-refractivity contribution in [2.24, 2.45) is 5.92 Å². The highest BCUT2D eigenvalue weighted by atomic mass is 32.2. The van der Waals surface area contributed by atoms with Gasteiger partial charge in [-0.25, -0.2) is 26.9 Å². The summed E-state index contributed by atoms with van der Waals surface area (Å²) >= 11 is 0. The van der Waals surface area contributed by atoms with Crippen molar-refractivity contribution in [3.63, 3.8) is 0 Å². The molecule has 0 aliphatic carbocycles. The van der Waals surface area contributed by atoms with E-state index in [4.69, 9.17) is 14.9 Å². The van der Waals surface area contributed by atoms with Crippen LogP contribution >= 0.6 is 0 Å². The number of imidazole rings is 1. The van der Waals surface area contributed by atoms with E-state index in [-0.39, 0.29) is 23.0 Å². The second-order valence-corrected chi connectivity index (χ2v) is 11.5. The van der Waals surface area contributed by atoms with Crippen LogP contribution in [0, 0.1) is 11.7 Å². The van der Waals surface area contributed by atoms with Gasteiger partial charge in [-0.1, -0.05) is 26.0 Å². The Balaban J connectivity index is 0.000000454. The summed E-state index contributed by atoms with van der Waals surface area (Å²) in [5.41, 5.74) is 1.45. The van der Waals surface area contributed by atoms with Gasteiger partial charge in [0.05, 0.1) is 23.2 Å². The number of piperidine rings is 1. The molecule has 36 heavy (non-hydrogen) atoms. The molecule has 2 aromatic rings. The van der Waals surface area contributed by atoms with Crippen LogP contribution in [0.1, 0.15) is 32.5 Å². The van der Waals surface area contributed by atoms with E-state index in [9.17, 15) is 26.0 Å². The Morgan fingerprint density at radius 2 is 1.78 bits per heavy atom. The van der Waals surface area contributed by atoms with Gasteiger partial charge >= 0.3 is 12.1 Å². The molecule has 1 aromatic carbocycles. The fraction of sp³-hybridized carbons (Fsp3) is 0.565. The maximum absolute atomic E-state index is 13.7. The number of benzene rings is 1. The van der Waals surface area contributed by atoms with Gasteiger partial charge in [-0.15, -0.1) is 0 Å². The molecule has 200 valence electrons. The molecule has 13 heteroatoms. The molecule has 1 aromatic heterocycles. The zero-order valence-electron chi connectivity index (χ0n) is 20.3. The summed E-state index contributed by atoms with van der Waals surface area (Å²) in [5, 5.41) is 7.12. The van der Waals surface area contributed by atoms with Gasteiger partial charge < -0.3 is 9.67 Å². The summed E-state index contributed by atoms with van der Waals surface area (Å²) in [7, 11) is -1.13. The predicted octanol–water partition coefficient (Wildman–Crippen LogP) is 3.54. The first kappa shape index (κ1) is 28.1. The number of fused-ring (bicyclic) bond motifs is 2. The van der Waals surface area contributed by atoms with E-state index in [2.05, 4.69) is 16.5 Å². The van der Waals surface area contributed by atoms with Crippen LogP contribution in [0.3, 0.4) is 0 Å². The molecule has 8 nitrogen and oxygen atoms in total. The first-order valence-corrected chi connectivity index (χ1v) is 13.1. The highest BCUT2D eigenvalue weighted by molar-refractivity contribution is 7.89. The van der Waals surface area contributed by atoms with Gasteiger partial charge in [-0.2, -0.15) is 13.2 Å². The van der Waals surface area contributed by atoms with Crippen molar-refractivity contribution in [2.45, 2.75) is 44.9 Å². The summed E-state index contributed by atoms with van der Waals surface area (Å²) in [6.45, 7) is 6.51. The Hall–Kier alpha value is -2.51. The summed E-state index contributed by atoms with van der Waals surface area (Å²) in [4.78, 5) is 16.0. The van der Waals surface area contributed by atoms with E-state index < -0.39 is 22.2 Å². The fourth-order valence-electron chi connectivity index (χ4n) is 4.75. The molecule has 0 saturated carbocycles. The third-order valence-corrected chi connectivity index (χ3v) is 8.75. The molecular formula is C23H30F4N4O4S. The van der Waals surface area contributed by atoms with E-state index >= 15 is 0 Å². The number of hydrogen-bond donors (Lipinski definition) is 1. The number of nitrogens with zero attached hydrogens (tertiary/aromatic N) is 4. The number of carboxylic acid groups (broad SMARTS) is 1. The quantitative estimate of drug-likeness (QED) is 0.603. The molecule has 0 unspecified atom stereocenters. The molecule has 1 N–H and O–H groups in total. The Kier molecular flexibility index (Phi) is 8.16. The number of aliphatic carboxylic acids is 1. The summed E-state index contributed by atoms with van der Waals surface area (Å²) in [5.74, 6) is -1.75. The monoisotopic (exact) mass is 534 g/mol. The molecule has 3 heterocycles. The van der Waals surface area contributed by atoms with Crippen LogP contribution < -0.4 is 0 Å². The van der Waals surface area contributed by atoms with Gasteiger partial charge in [0.25, 0.3) is 0 Å². The minimum absolute atomic E-state index is 0.112. The Labute approximate surface area is 207 Å². The number of alkyl halides is 3. The van der Waals surface area contributed by atoms with Gasteiger partial charge in [0.2, 0.25) is 10.0 Å². The van der Waals surface area contributed by atoms with Crippen LogP contribution in [-0.2, 0) is 26.9 Å². The molecule has 4 rings (SSSR count). The molecule has 1 saturated heterocycles. The molecule has 0 bridgehead atoms. The lowest BCUT2D eigenvalue weighted by Crippen LogP contribution is -2.57. The highest BCUT2D eigenvalue weighted by Crippen LogP contribution is 2.42. The van der Waals surface area contributed by atoms with Crippen molar-refractivity contribution in [1.29, 1.82) is 0 Å². The second kappa shape index (κ2) is 10.5. The van der Waals surface area contributed by atoms with Crippen molar-refractivity contribution in [3.05, 3.63) is 42.1 Å². The topological polar surface area (TPSA) is 95.7 Å². The van der Waals surface area contributed by atoms with Crippen LogP contribution in [0.4, 0.5) is 17.6 Å². The Morgan fingerprint density at radius 1 is 1.17 bits per heavy atom. The second-order valence-electron chi connectivity index (χ2n) is 9.46. The Bertz CT molecular complexity index is 1190. The average molecular weight is 535 g/mol. The molecule has 1 fully saturated rings. The van der Waals surface area contributed by atoms with Gasteiger partial charge in [0, 0.05) is 31.7 Å². The predicted molar refractivity (Wildman–Crippen MR) is 125 cm³/mol. The zero-order valence-corrected chi connectivity index (χ0v) is 21.1. The van der Waals surface area contributed by atoms with Crippen molar-refractivity contribution in [3.8, 4) is 11.3 Å².